The number of benzene rings is 1. The number of ether oxygens (including phenoxy) is 1. The lowest BCUT2D eigenvalue weighted by molar-refractivity contribution is -0.915. The van der Waals surface area contributed by atoms with Crippen LogP contribution in [-0.2, 0) is 6.54 Å². The minimum absolute atomic E-state index is 0.0564. The summed E-state index contributed by atoms with van der Waals surface area (Å²) < 4.78 is 10.7. The summed E-state index contributed by atoms with van der Waals surface area (Å²) in [5.41, 5.74) is 0.946. The Labute approximate surface area is 151 Å². The summed E-state index contributed by atoms with van der Waals surface area (Å²) in [5, 5.41) is 0.751. The molecule has 1 aliphatic rings. The summed E-state index contributed by atoms with van der Waals surface area (Å²) in [7, 11) is 0. The minimum Gasteiger partial charge on any atom is -0.474 e. The van der Waals surface area contributed by atoms with E-state index in [-0.39, 0.29) is 17.8 Å². The molecule has 0 saturated carbocycles. The van der Waals surface area contributed by atoms with Crippen LogP contribution in [0.3, 0.4) is 0 Å². The molecular weight excluding hydrogens is 340 g/mol. The van der Waals surface area contributed by atoms with Gasteiger partial charge in [-0.1, -0.05) is 23.6 Å². The number of nitrogens with one attached hydrogen (secondary N) is 1. The molecule has 2 heterocycles. The second-order valence-electron chi connectivity index (χ2n) is 5.96. The van der Waals surface area contributed by atoms with Crippen molar-refractivity contribution in [2.45, 2.75) is 6.54 Å². The summed E-state index contributed by atoms with van der Waals surface area (Å²) in [6, 6.07) is 9.40. The maximum Gasteiger partial charge on any atom is 0.227 e. The van der Waals surface area contributed by atoms with E-state index in [9.17, 15) is 4.79 Å². The molecule has 1 aliphatic heterocycles. The van der Waals surface area contributed by atoms with Gasteiger partial charge in [-0.2, -0.15) is 0 Å². The van der Waals surface area contributed by atoms with Crippen molar-refractivity contribution < 1.29 is 14.1 Å². The van der Waals surface area contributed by atoms with Crippen LogP contribution in [0.2, 0.25) is 5.02 Å². The lowest BCUT2D eigenvalue weighted by Gasteiger charge is -2.33. The molecule has 1 saturated heterocycles. The van der Waals surface area contributed by atoms with Gasteiger partial charge in [0.05, 0.1) is 26.2 Å². The molecule has 0 unspecified atom stereocenters. The van der Waals surface area contributed by atoms with Gasteiger partial charge in [0.1, 0.15) is 19.4 Å². The van der Waals surface area contributed by atoms with E-state index >= 15 is 0 Å². The van der Waals surface area contributed by atoms with Crippen LogP contribution in [0.25, 0.3) is 0 Å². The molecular formula is C19H20ClN2O3+. The number of quaternary nitrogens is 1. The topological polar surface area (TPSA) is 47.1 Å². The number of hydrogen-bond acceptors (Lipinski definition) is 4. The predicted octanol–water partition coefficient (Wildman–Crippen LogP) is 1.21. The first-order valence-electron chi connectivity index (χ1n) is 8.18. The quantitative estimate of drug-likeness (QED) is 0.815. The zero-order chi connectivity index (χ0) is 17.6. The third-order valence-electron chi connectivity index (χ3n) is 4.23. The van der Waals surface area contributed by atoms with E-state index in [0.29, 0.717) is 12.3 Å². The highest BCUT2D eigenvalue weighted by Crippen LogP contribution is 2.19. The van der Waals surface area contributed by atoms with Crippen LogP contribution >= 0.6 is 11.6 Å². The smallest absolute Gasteiger partial charge is 0.227 e. The molecule has 130 valence electrons. The number of piperazine rings is 1. The van der Waals surface area contributed by atoms with Crippen LogP contribution in [0, 0.1) is 12.3 Å². The van der Waals surface area contributed by atoms with Crippen molar-refractivity contribution >= 4 is 17.3 Å². The van der Waals surface area contributed by atoms with E-state index in [2.05, 4.69) is 16.9 Å². The Bertz CT molecular complexity index is 820. The Morgan fingerprint density at radius 1 is 1.32 bits per heavy atom. The SMILES string of the molecule is C#CCOc1coc(C[NH+]2CCN(c3cccc(Cl)c3)CC2)cc1=O. The van der Waals surface area contributed by atoms with Crippen LogP contribution in [0.1, 0.15) is 5.76 Å². The second-order valence-corrected chi connectivity index (χ2v) is 6.40. The Morgan fingerprint density at radius 3 is 2.80 bits per heavy atom. The predicted molar refractivity (Wildman–Crippen MR) is 97.4 cm³/mol. The summed E-state index contributed by atoms with van der Waals surface area (Å²) in [5.74, 6) is 3.14. The van der Waals surface area contributed by atoms with Crippen molar-refractivity contribution in [2.24, 2.45) is 0 Å². The van der Waals surface area contributed by atoms with Gasteiger partial charge in [-0.25, -0.2) is 0 Å². The third-order valence-corrected chi connectivity index (χ3v) is 4.47. The zero-order valence-corrected chi connectivity index (χ0v) is 14.6. The van der Waals surface area contributed by atoms with Crippen molar-refractivity contribution in [3.8, 4) is 18.1 Å². The first-order valence-corrected chi connectivity index (χ1v) is 8.55. The van der Waals surface area contributed by atoms with E-state index in [0.717, 1.165) is 36.9 Å². The van der Waals surface area contributed by atoms with E-state index < -0.39 is 0 Å². The van der Waals surface area contributed by atoms with Crippen LogP contribution in [0.5, 0.6) is 5.75 Å². The van der Waals surface area contributed by atoms with Gasteiger partial charge in [-0.3, -0.25) is 4.79 Å². The average Bonchev–Trinajstić information content (AvgIpc) is 2.62. The molecule has 3 rings (SSSR count). The molecule has 1 aromatic carbocycles. The first-order chi connectivity index (χ1) is 12.2. The number of rotatable bonds is 5. The van der Waals surface area contributed by atoms with Crippen molar-refractivity contribution in [1.82, 2.24) is 0 Å². The lowest BCUT2D eigenvalue weighted by atomic mass is 10.2. The molecule has 0 atom stereocenters. The highest BCUT2D eigenvalue weighted by Gasteiger charge is 2.21. The molecule has 0 aliphatic carbocycles. The standard InChI is InChI=1S/C19H19ClN2O3/c1-2-10-24-19-14-25-17(12-18(19)23)13-21-6-8-22(9-7-21)16-5-3-4-15(20)11-16/h1,3-5,11-12,14H,6-10,13H2/p+1. The molecule has 0 bridgehead atoms. The Morgan fingerprint density at radius 2 is 2.12 bits per heavy atom. The summed E-state index contributed by atoms with van der Waals surface area (Å²) in [6.07, 6.45) is 6.46. The van der Waals surface area contributed by atoms with Crippen molar-refractivity contribution in [1.29, 1.82) is 0 Å². The van der Waals surface area contributed by atoms with Crippen molar-refractivity contribution in [2.75, 3.05) is 37.7 Å². The summed E-state index contributed by atoms with van der Waals surface area (Å²) >= 11 is 6.06. The largest absolute Gasteiger partial charge is 0.474 e. The molecule has 1 fully saturated rings. The molecule has 25 heavy (non-hydrogen) atoms. The van der Waals surface area contributed by atoms with Gasteiger partial charge in [0.2, 0.25) is 11.2 Å². The fraction of sp³-hybridized carbons (Fsp3) is 0.316. The molecule has 2 aromatic rings. The van der Waals surface area contributed by atoms with E-state index in [1.54, 1.807) is 0 Å². The van der Waals surface area contributed by atoms with Gasteiger partial charge in [0, 0.05) is 16.8 Å². The Balaban J connectivity index is 1.56. The summed E-state index contributed by atoms with van der Waals surface area (Å²) in [4.78, 5) is 15.7. The summed E-state index contributed by atoms with van der Waals surface area (Å²) in [6.45, 7) is 4.53. The highest BCUT2D eigenvalue weighted by atomic mass is 35.5. The normalized spacial score (nSPS) is 15.0. The monoisotopic (exact) mass is 359 g/mol. The first kappa shape index (κ1) is 17.4. The molecule has 5 nitrogen and oxygen atoms in total. The molecule has 1 N–H and O–H groups in total. The average molecular weight is 360 g/mol. The number of nitrogens with zero attached hydrogens (tertiary/aromatic N) is 1. The molecule has 0 amide bonds. The number of terminal acetylenes is 1. The van der Waals surface area contributed by atoms with Gasteiger partial charge < -0.3 is 19.0 Å². The van der Waals surface area contributed by atoms with Crippen LogP contribution in [-0.4, -0.2) is 32.8 Å². The maximum absolute atomic E-state index is 12.0. The van der Waals surface area contributed by atoms with E-state index in [1.807, 2.05) is 18.2 Å². The maximum atomic E-state index is 12.0. The van der Waals surface area contributed by atoms with E-state index in [4.69, 9.17) is 27.2 Å². The van der Waals surface area contributed by atoms with Gasteiger partial charge in [0.15, 0.2) is 5.76 Å². The molecule has 6 heteroatoms. The van der Waals surface area contributed by atoms with Crippen molar-refractivity contribution in [3.05, 3.63) is 57.6 Å². The Kier molecular flexibility index (Phi) is 5.64. The van der Waals surface area contributed by atoms with Gasteiger partial charge >= 0.3 is 0 Å². The van der Waals surface area contributed by atoms with Crippen molar-refractivity contribution in [3.63, 3.8) is 0 Å². The highest BCUT2D eigenvalue weighted by molar-refractivity contribution is 6.30. The van der Waals surface area contributed by atoms with Crippen LogP contribution in [0.4, 0.5) is 5.69 Å². The molecule has 0 spiro atoms. The number of hydrogen-bond donors (Lipinski definition) is 1. The lowest BCUT2D eigenvalue weighted by Crippen LogP contribution is -3.13. The fourth-order valence-electron chi connectivity index (χ4n) is 2.93. The van der Waals surface area contributed by atoms with Gasteiger partial charge in [0.25, 0.3) is 0 Å². The molecule has 1 aromatic heterocycles. The third kappa shape index (κ3) is 4.56. The van der Waals surface area contributed by atoms with Crippen LogP contribution in [0.15, 0.2) is 45.8 Å². The minimum atomic E-state index is -0.200. The second kappa shape index (κ2) is 8.11. The van der Waals surface area contributed by atoms with Gasteiger partial charge in [-0.05, 0) is 18.2 Å². The zero-order valence-electron chi connectivity index (χ0n) is 13.8. The Hall–Kier alpha value is -2.42. The van der Waals surface area contributed by atoms with Crippen LogP contribution < -0.4 is 20.0 Å². The van der Waals surface area contributed by atoms with E-state index in [1.165, 1.54) is 17.2 Å². The fourth-order valence-corrected chi connectivity index (χ4v) is 3.12. The number of anilines is 1. The number of halogens is 1. The van der Waals surface area contributed by atoms with Gasteiger partial charge in [-0.15, -0.1) is 6.42 Å². The molecule has 0 radical (unpaired) electrons.